The van der Waals surface area contributed by atoms with Crippen LogP contribution in [0.3, 0.4) is 0 Å². The van der Waals surface area contributed by atoms with Crippen LogP contribution in [-0.4, -0.2) is 35.7 Å². The van der Waals surface area contributed by atoms with Crippen molar-refractivity contribution in [2.75, 3.05) is 13.2 Å². The lowest BCUT2D eigenvalue weighted by Crippen LogP contribution is -1.97. The molecule has 0 aliphatic carbocycles. The van der Waals surface area contributed by atoms with Crippen LogP contribution in [0.1, 0.15) is 13.8 Å². The van der Waals surface area contributed by atoms with Gasteiger partial charge in [-0.2, -0.15) is 13.5 Å². The number of ether oxygens (including phenoxy) is 2. The van der Waals surface area contributed by atoms with Gasteiger partial charge in [0, 0.05) is 0 Å². The summed E-state index contributed by atoms with van der Waals surface area (Å²) in [7, 11) is 0. The number of hydrogen-bond donors (Lipinski definition) is 2. The van der Waals surface area contributed by atoms with Crippen LogP contribution in [0.25, 0.3) is 0 Å². The van der Waals surface area contributed by atoms with E-state index in [0.717, 1.165) is 0 Å². The third kappa shape index (κ3) is 36.0. The Morgan fingerprint density at radius 3 is 1.23 bits per heavy atom. The Morgan fingerprint density at radius 2 is 1.23 bits per heavy atom. The van der Waals surface area contributed by atoms with Crippen LogP contribution in [0.15, 0.2) is 0 Å². The molecule has 0 atom stereocenters. The summed E-state index contributed by atoms with van der Waals surface area (Å²) >= 11 is 0. The molecule has 80 valence electrons. The molecular formula is C6H14O6S. The molecule has 0 aromatic heterocycles. The fourth-order valence-corrected chi connectivity index (χ4v) is 0.247. The van der Waals surface area contributed by atoms with Gasteiger partial charge >= 0.3 is 12.3 Å². The third-order valence-corrected chi connectivity index (χ3v) is 0.536. The van der Waals surface area contributed by atoms with Crippen LogP contribution in [-0.2, 0) is 9.47 Å². The van der Waals surface area contributed by atoms with E-state index in [1.165, 1.54) is 0 Å². The van der Waals surface area contributed by atoms with Crippen molar-refractivity contribution in [1.29, 1.82) is 0 Å². The maximum atomic E-state index is 9.38. The molecule has 0 aliphatic heterocycles. The van der Waals surface area contributed by atoms with E-state index in [9.17, 15) is 9.59 Å². The van der Waals surface area contributed by atoms with E-state index in [2.05, 4.69) is 9.47 Å². The molecule has 13 heavy (non-hydrogen) atoms. The quantitative estimate of drug-likeness (QED) is 0.677. The van der Waals surface area contributed by atoms with Gasteiger partial charge in [-0.3, -0.25) is 0 Å². The zero-order valence-electron chi connectivity index (χ0n) is 7.44. The second kappa shape index (κ2) is 13.5. The molecule has 0 unspecified atom stereocenters. The van der Waals surface area contributed by atoms with Crippen LogP contribution in [0.5, 0.6) is 0 Å². The van der Waals surface area contributed by atoms with Crippen LogP contribution < -0.4 is 0 Å². The Morgan fingerprint density at radius 1 is 1.00 bits per heavy atom. The lowest BCUT2D eigenvalue weighted by Gasteiger charge is -1.87. The second-order valence-electron chi connectivity index (χ2n) is 1.40. The van der Waals surface area contributed by atoms with Gasteiger partial charge in [-0.1, -0.05) is 0 Å². The minimum Gasteiger partial charge on any atom is -0.450 e. The highest BCUT2D eigenvalue weighted by Gasteiger charge is 1.86. The normalized spacial score (nSPS) is 6.92. The highest BCUT2D eigenvalue weighted by molar-refractivity contribution is 7.59. The first-order valence-corrected chi connectivity index (χ1v) is 3.26. The number of hydrogen-bond acceptors (Lipinski definition) is 4. The largest absolute Gasteiger partial charge is 0.505 e. The van der Waals surface area contributed by atoms with Gasteiger partial charge in [0.05, 0.1) is 13.2 Å². The first-order chi connectivity index (χ1) is 5.54. The van der Waals surface area contributed by atoms with Gasteiger partial charge in [0.1, 0.15) is 0 Å². The van der Waals surface area contributed by atoms with E-state index in [4.69, 9.17) is 10.2 Å². The van der Waals surface area contributed by atoms with Crippen molar-refractivity contribution in [3.05, 3.63) is 0 Å². The molecule has 2 N–H and O–H groups in total. The van der Waals surface area contributed by atoms with Gasteiger partial charge < -0.3 is 19.7 Å². The fourth-order valence-electron chi connectivity index (χ4n) is 0.247. The van der Waals surface area contributed by atoms with Crippen molar-refractivity contribution < 1.29 is 29.3 Å². The van der Waals surface area contributed by atoms with E-state index in [0.29, 0.717) is 0 Å². The molecule has 0 amide bonds. The molecule has 0 saturated heterocycles. The molecule has 0 fully saturated rings. The molecule has 0 rings (SSSR count). The highest BCUT2D eigenvalue weighted by atomic mass is 32.1. The van der Waals surface area contributed by atoms with Crippen molar-refractivity contribution in [2.24, 2.45) is 0 Å². The molecule has 0 radical (unpaired) electrons. The van der Waals surface area contributed by atoms with Gasteiger partial charge in [-0.15, -0.1) is 0 Å². The molecule has 0 aliphatic rings. The minimum absolute atomic E-state index is 0. The molecule has 0 aromatic carbocycles. The van der Waals surface area contributed by atoms with Crippen molar-refractivity contribution >= 4 is 25.8 Å². The Bertz CT molecular complexity index is 121. The van der Waals surface area contributed by atoms with Crippen molar-refractivity contribution in [3.8, 4) is 0 Å². The number of rotatable bonds is 2. The summed E-state index contributed by atoms with van der Waals surface area (Å²) in [6.45, 7) is 3.70. The Kier molecular flexibility index (Phi) is 18.5. The zero-order chi connectivity index (χ0) is 9.98. The van der Waals surface area contributed by atoms with Crippen LogP contribution >= 0.6 is 13.5 Å². The van der Waals surface area contributed by atoms with E-state index < -0.39 is 12.3 Å². The van der Waals surface area contributed by atoms with Crippen LogP contribution in [0.2, 0.25) is 0 Å². The third-order valence-electron chi connectivity index (χ3n) is 0.536. The average Bonchev–Trinajstić information content (AvgIpc) is 1.87. The van der Waals surface area contributed by atoms with Crippen molar-refractivity contribution in [3.63, 3.8) is 0 Å². The standard InChI is InChI=1S/2C3H6O3.H2S/c2*1-2-6-3(4)5;/h2*2H2,1H3,(H,4,5);1H2. The molecule has 0 bridgehead atoms. The molecule has 6 nitrogen and oxygen atoms in total. The SMILES string of the molecule is CCOC(=O)O.CCOC(=O)O.S. The van der Waals surface area contributed by atoms with Gasteiger partial charge in [0.15, 0.2) is 0 Å². The van der Waals surface area contributed by atoms with Gasteiger partial charge in [0.2, 0.25) is 0 Å². The molecule has 0 aromatic rings. The Hall–Kier alpha value is -1.11. The molecule has 0 spiro atoms. The van der Waals surface area contributed by atoms with E-state index >= 15 is 0 Å². The van der Waals surface area contributed by atoms with Gasteiger partial charge in [-0.05, 0) is 13.8 Å². The summed E-state index contributed by atoms with van der Waals surface area (Å²) in [6, 6.07) is 0. The van der Waals surface area contributed by atoms with Crippen LogP contribution in [0.4, 0.5) is 9.59 Å². The first-order valence-electron chi connectivity index (χ1n) is 3.26. The van der Waals surface area contributed by atoms with E-state index in [1.54, 1.807) is 13.8 Å². The smallest absolute Gasteiger partial charge is 0.450 e. The van der Waals surface area contributed by atoms with Gasteiger partial charge in [-0.25, -0.2) is 9.59 Å². The monoisotopic (exact) mass is 214 g/mol. The summed E-state index contributed by atoms with van der Waals surface area (Å²) in [5.41, 5.74) is 0. The van der Waals surface area contributed by atoms with E-state index in [-0.39, 0.29) is 26.7 Å². The number of carbonyl (C=O) groups is 2. The molecule has 0 heterocycles. The summed E-state index contributed by atoms with van der Waals surface area (Å²) in [6.07, 6.45) is -2.42. The van der Waals surface area contributed by atoms with Gasteiger partial charge in [0.25, 0.3) is 0 Å². The van der Waals surface area contributed by atoms with Crippen molar-refractivity contribution in [2.45, 2.75) is 13.8 Å². The fraction of sp³-hybridized carbons (Fsp3) is 0.667. The first kappa shape index (κ1) is 17.8. The minimum atomic E-state index is -1.21. The Labute approximate surface area is 82.9 Å². The zero-order valence-corrected chi connectivity index (χ0v) is 8.44. The second-order valence-corrected chi connectivity index (χ2v) is 1.40. The predicted octanol–water partition coefficient (Wildman–Crippen LogP) is 1.51. The van der Waals surface area contributed by atoms with Crippen LogP contribution in [0, 0.1) is 0 Å². The summed E-state index contributed by atoms with van der Waals surface area (Å²) in [4.78, 5) is 18.8. The maximum Gasteiger partial charge on any atom is 0.505 e. The summed E-state index contributed by atoms with van der Waals surface area (Å²) < 4.78 is 7.92. The van der Waals surface area contributed by atoms with E-state index in [1.807, 2.05) is 0 Å². The highest BCUT2D eigenvalue weighted by Crippen LogP contribution is 1.70. The molecule has 0 saturated carbocycles. The average molecular weight is 214 g/mol. The van der Waals surface area contributed by atoms with Crippen molar-refractivity contribution in [1.82, 2.24) is 0 Å². The predicted molar refractivity (Wildman–Crippen MR) is 49.7 cm³/mol. The molecule has 7 heteroatoms. The summed E-state index contributed by atoms with van der Waals surface area (Å²) in [5, 5.41) is 15.4. The maximum absolute atomic E-state index is 9.38. The number of carboxylic acid groups (broad SMARTS) is 2. The lowest BCUT2D eigenvalue weighted by molar-refractivity contribution is 0.0953. The Balaban J connectivity index is -0.000000143. The lowest BCUT2D eigenvalue weighted by atomic mass is 10.9. The molecular weight excluding hydrogens is 200 g/mol. The topological polar surface area (TPSA) is 93.1 Å². The summed E-state index contributed by atoms with van der Waals surface area (Å²) in [5.74, 6) is 0.